The molecule has 158 valence electrons. The molecule has 0 aromatic carbocycles. The van der Waals surface area contributed by atoms with Crippen molar-refractivity contribution in [3.05, 3.63) is 52.2 Å². The van der Waals surface area contributed by atoms with E-state index in [2.05, 4.69) is 26.3 Å². The molecular formula is C23H30N6O. The van der Waals surface area contributed by atoms with Gasteiger partial charge in [-0.1, -0.05) is 0 Å². The molecule has 1 aliphatic rings. The van der Waals surface area contributed by atoms with Crippen molar-refractivity contribution < 1.29 is 0 Å². The Morgan fingerprint density at radius 2 is 2.00 bits per heavy atom. The molecule has 0 amide bonds. The Balaban J connectivity index is 1.64. The number of nitrogens with two attached hydrogens (primary N) is 1. The van der Waals surface area contributed by atoms with E-state index in [0.717, 1.165) is 78.9 Å². The predicted molar refractivity (Wildman–Crippen MR) is 122 cm³/mol. The van der Waals surface area contributed by atoms with E-state index < -0.39 is 0 Å². The van der Waals surface area contributed by atoms with Crippen LogP contribution in [0, 0.1) is 13.8 Å². The molecule has 7 nitrogen and oxygen atoms in total. The van der Waals surface area contributed by atoms with Crippen LogP contribution in [0.2, 0.25) is 0 Å². The Morgan fingerprint density at radius 3 is 2.73 bits per heavy atom. The van der Waals surface area contributed by atoms with E-state index in [-0.39, 0.29) is 5.56 Å². The number of hydrogen-bond acceptors (Lipinski definition) is 6. The van der Waals surface area contributed by atoms with Crippen molar-refractivity contribution in [1.29, 1.82) is 0 Å². The number of H-pyrrole nitrogens is 1. The van der Waals surface area contributed by atoms with E-state index in [0.29, 0.717) is 11.6 Å². The minimum absolute atomic E-state index is 0.0801. The summed E-state index contributed by atoms with van der Waals surface area (Å²) in [7, 11) is 0. The molecule has 7 heteroatoms. The Morgan fingerprint density at radius 1 is 1.20 bits per heavy atom. The topological polar surface area (TPSA) is 99.9 Å². The van der Waals surface area contributed by atoms with Gasteiger partial charge in [0.2, 0.25) is 0 Å². The monoisotopic (exact) mass is 406 g/mol. The fourth-order valence-corrected chi connectivity index (χ4v) is 4.15. The molecule has 0 bridgehead atoms. The second-order valence-electron chi connectivity index (χ2n) is 8.24. The summed E-state index contributed by atoms with van der Waals surface area (Å²) in [6.07, 6.45) is 8.70. The SMILES string of the molecule is Cc1cncc(-c2cnc(NC3CCN(CCCN)CC3)c3[nH]c(=O)c(C)cc23)c1. The number of hydrogen-bond donors (Lipinski definition) is 3. The first-order chi connectivity index (χ1) is 14.5. The molecule has 0 radical (unpaired) electrons. The Labute approximate surface area is 176 Å². The fraction of sp³-hybridized carbons (Fsp3) is 0.435. The highest BCUT2D eigenvalue weighted by Gasteiger charge is 2.20. The summed E-state index contributed by atoms with van der Waals surface area (Å²) < 4.78 is 0. The number of aromatic nitrogens is 3. The van der Waals surface area contributed by atoms with Crippen LogP contribution in [-0.2, 0) is 0 Å². The third-order valence-corrected chi connectivity index (χ3v) is 5.87. The molecule has 4 heterocycles. The van der Waals surface area contributed by atoms with Crippen LogP contribution in [0.5, 0.6) is 0 Å². The number of rotatable bonds is 6. The van der Waals surface area contributed by atoms with Gasteiger partial charge < -0.3 is 20.9 Å². The van der Waals surface area contributed by atoms with Crippen LogP contribution in [0.25, 0.3) is 22.0 Å². The van der Waals surface area contributed by atoms with Gasteiger partial charge in [-0.25, -0.2) is 4.98 Å². The molecule has 3 aromatic heterocycles. The number of aromatic amines is 1. The summed E-state index contributed by atoms with van der Waals surface area (Å²) in [6, 6.07) is 4.38. The fourth-order valence-electron chi connectivity index (χ4n) is 4.15. The van der Waals surface area contributed by atoms with Crippen molar-refractivity contribution in [1.82, 2.24) is 19.9 Å². The van der Waals surface area contributed by atoms with Gasteiger partial charge in [-0.15, -0.1) is 0 Å². The van der Waals surface area contributed by atoms with Gasteiger partial charge in [0.1, 0.15) is 0 Å². The van der Waals surface area contributed by atoms with Crippen LogP contribution in [-0.4, -0.2) is 52.1 Å². The lowest BCUT2D eigenvalue weighted by Crippen LogP contribution is -2.40. The van der Waals surface area contributed by atoms with Gasteiger partial charge in [-0.05, 0) is 63.9 Å². The van der Waals surface area contributed by atoms with Crippen molar-refractivity contribution in [2.24, 2.45) is 5.73 Å². The maximum absolute atomic E-state index is 12.4. The summed E-state index contributed by atoms with van der Waals surface area (Å²) in [6.45, 7) is 7.77. The van der Waals surface area contributed by atoms with Crippen molar-refractivity contribution in [2.75, 3.05) is 31.5 Å². The van der Waals surface area contributed by atoms with E-state index in [1.165, 1.54) is 0 Å². The van der Waals surface area contributed by atoms with Crippen LogP contribution < -0.4 is 16.6 Å². The highest BCUT2D eigenvalue weighted by molar-refractivity contribution is 5.99. The quantitative estimate of drug-likeness (QED) is 0.582. The first kappa shape index (κ1) is 20.5. The number of likely N-dealkylation sites (tertiary alicyclic amines) is 1. The van der Waals surface area contributed by atoms with Crippen molar-refractivity contribution in [3.63, 3.8) is 0 Å². The van der Waals surface area contributed by atoms with Gasteiger partial charge in [-0.2, -0.15) is 0 Å². The van der Waals surface area contributed by atoms with Crippen molar-refractivity contribution in [2.45, 2.75) is 39.2 Å². The van der Waals surface area contributed by atoms with E-state index in [1.807, 2.05) is 38.5 Å². The van der Waals surface area contributed by atoms with Gasteiger partial charge >= 0.3 is 0 Å². The molecule has 1 fully saturated rings. The molecule has 0 saturated carbocycles. The zero-order chi connectivity index (χ0) is 21.1. The minimum atomic E-state index is -0.0801. The second kappa shape index (κ2) is 8.93. The molecule has 4 rings (SSSR count). The first-order valence-electron chi connectivity index (χ1n) is 10.7. The molecule has 0 unspecified atom stereocenters. The van der Waals surface area contributed by atoms with Crippen molar-refractivity contribution in [3.8, 4) is 11.1 Å². The number of pyridine rings is 3. The van der Waals surface area contributed by atoms with Crippen LogP contribution in [0.3, 0.4) is 0 Å². The molecule has 1 aliphatic heterocycles. The van der Waals surface area contributed by atoms with Gasteiger partial charge in [-0.3, -0.25) is 9.78 Å². The standard InChI is InChI=1S/C23H30N6O/c1-15-10-17(13-25-12-15)20-14-26-22(21-19(20)11-16(2)23(30)28-21)27-18-4-8-29(9-5-18)7-3-6-24/h10-14,18H,3-9,24H2,1-2H3,(H,26,27)(H,28,30). The number of anilines is 1. The summed E-state index contributed by atoms with van der Waals surface area (Å²) >= 11 is 0. The molecule has 1 saturated heterocycles. The Bertz CT molecular complexity index is 1080. The average molecular weight is 407 g/mol. The van der Waals surface area contributed by atoms with E-state index in [9.17, 15) is 4.79 Å². The molecule has 4 N–H and O–H groups in total. The number of nitrogens with one attached hydrogen (secondary N) is 2. The number of fused-ring (bicyclic) bond motifs is 1. The van der Waals surface area contributed by atoms with Crippen LogP contribution >= 0.6 is 0 Å². The summed E-state index contributed by atoms with van der Waals surface area (Å²) in [5.74, 6) is 0.742. The van der Waals surface area contributed by atoms with Crippen molar-refractivity contribution >= 4 is 16.7 Å². The van der Waals surface area contributed by atoms with Crippen LogP contribution in [0.4, 0.5) is 5.82 Å². The van der Waals surface area contributed by atoms with Crippen LogP contribution in [0.1, 0.15) is 30.4 Å². The van der Waals surface area contributed by atoms with E-state index in [1.54, 1.807) is 0 Å². The molecule has 0 aliphatic carbocycles. The summed E-state index contributed by atoms with van der Waals surface area (Å²) in [4.78, 5) is 26.9. The highest BCUT2D eigenvalue weighted by Crippen LogP contribution is 2.31. The predicted octanol–water partition coefficient (Wildman–Crippen LogP) is 2.83. The molecular weight excluding hydrogens is 376 g/mol. The Kier molecular flexibility index (Phi) is 6.11. The number of aryl methyl sites for hydroxylation is 2. The smallest absolute Gasteiger partial charge is 0.251 e. The van der Waals surface area contributed by atoms with Gasteiger partial charge in [0.25, 0.3) is 5.56 Å². The molecule has 30 heavy (non-hydrogen) atoms. The van der Waals surface area contributed by atoms with E-state index in [4.69, 9.17) is 10.7 Å². The van der Waals surface area contributed by atoms with Gasteiger partial charge in [0.15, 0.2) is 5.82 Å². The largest absolute Gasteiger partial charge is 0.366 e. The third kappa shape index (κ3) is 4.37. The summed E-state index contributed by atoms with van der Waals surface area (Å²) in [5, 5.41) is 4.57. The average Bonchev–Trinajstić information content (AvgIpc) is 2.74. The first-order valence-corrected chi connectivity index (χ1v) is 10.7. The van der Waals surface area contributed by atoms with Crippen LogP contribution in [0.15, 0.2) is 35.5 Å². The third-order valence-electron chi connectivity index (χ3n) is 5.87. The number of piperidine rings is 1. The molecule has 0 spiro atoms. The lowest BCUT2D eigenvalue weighted by molar-refractivity contribution is 0.218. The van der Waals surface area contributed by atoms with Gasteiger partial charge in [0.05, 0.1) is 5.52 Å². The zero-order valence-corrected chi connectivity index (χ0v) is 17.7. The lowest BCUT2D eigenvalue weighted by atomic mass is 10.0. The Hall–Kier alpha value is -2.77. The van der Waals surface area contributed by atoms with Gasteiger partial charge in [0, 0.05) is 59.8 Å². The zero-order valence-electron chi connectivity index (χ0n) is 17.7. The maximum Gasteiger partial charge on any atom is 0.251 e. The molecule has 3 aromatic rings. The molecule has 0 atom stereocenters. The minimum Gasteiger partial charge on any atom is -0.366 e. The van der Waals surface area contributed by atoms with E-state index >= 15 is 0 Å². The second-order valence-corrected chi connectivity index (χ2v) is 8.24. The number of nitrogens with zero attached hydrogens (tertiary/aromatic N) is 3. The maximum atomic E-state index is 12.4. The normalized spacial score (nSPS) is 15.6. The lowest BCUT2D eigenvalue weighted by Gasteiger charge is -2.32. The highest BCUT2D eigenvalue weighted by atomic mass is 16.1. The summed E-state index contributed by atoms with van der Waals surface area (Å²) in [5.41, 5.74) is 10.1.